The first-order valence-corrected chi connectivity index (χ1v) is 13.2. The lowest BCUT2D eigenvalue weighted by molar-refractivity contribution is -0.153. The van der Waals surface area contributed by atoms with Gasteiger partial charge in [-0.05, 0) is 62.2 Å². The molecule has 32 heavy (non-hydrogen) atoms. The summed E-state index contributed by atoms with van der Waals surface area (Å²) in [5.74, 6) is -0.261. The van der Waals surface area contributed by atoms with Crippen molar-refractivity contribution in [3.8, 4) is 0 Å². The van der Waals surface area contributed by atoms with Crippen molar-refractivity contribution in [1.29, 1.82) is 0 Å². The fraction of sp³-hybridized carbons (Fsp3) is 0.929. The smallest absolute Gasteiger partial charge is 0.306 e. The highest BCUT2D eigenvalue weighted by Crippen LogP contribution is 2.27. The molecule has 190 valence electrons. The van der Waals surface area contributed by atoms with Gasteiger partial charge < -0.3 is 9.47 Å². The van der Waals surface area contributed by atoms with E-state index in [1.807, 2.05) is 0 Å². The molecular formula is C28H54O4. The van der Waals surface area contributed by atoms with Crippen molar-refractivity contribution < 1.29 is 19.1 Å². The molecule has 0 aromatic rings. The molecule has 4 heteroatoms. The number of carbonyl (C=O) groups excluding carboxylic acids is 2. The van der Waals surface area contributed by atoms with Gasteiger partial charge in [-0.2, -0.15) is 0 Å². The number of esters is 2. The second kappa shape index (κ2) is 16.5. The van der Waals surface area contributed by atoms with Gasteiger partial charge in [0.05, 0.1) is 0 Å². The Morgan fingerprint density at radius 3 is 1.22 bits per heavy atom. The zero-order chi connectivity index (χ0) is 24.6. The molecule has 0 N–H and O–H groups in total. The van der Waals surface area contributed by atoms with E-state index in [-0.39, 0.29) is 35.0 Å². The maximum Gasteiger partial charge on any atom is 0.306 e. The van der Waals surface area contributed by atoms with E-state index in [2.05, 4.69) is 55.4 Å². The summed E-state index contributed by atoms with van der Waals surface area (Å²) in [6.45, 7) is 17.5. The molecule has 0 rings (SSSR count). The molecule has 0 radical (unpaired) electrons. The van der Waals surface area contributed by atoms with Crippen molar-refractivity contribution in [2.45, 2.75) is 157 Å². The van der Waals surface area contributed by atoms with Crippen LogP contribution >= 0.6 is 0 Å². The second-order valence-electron chi connectivity index (χ2n) is 12.0. The average molecular weight is 455 g/mol. The number of rotatable bonds is 17. The standard InChI is InChI=1S/C28H54O4/c1-9-11-13-17-23(21-27(3,4)5)31-25(29)19-15-16-20-26(30)32-24(18-14-12-10-2)22-28(6,7)8/h23-24H,9-22H2,1-8H3. The van der Waals surface area contributed by atoms with E-state index >= 15 is 0 Å². The van der Waals surface area contributed by atoms with E-state index in [1.165, 1.54) is 25.7 Å². The van der Waals surface area contributed by atoms with Crippen molar-refractivity contribution in [2.24, 2.45) is 10.8 Å². The van der Waals surface area contributed by atoms with Gasteiger partial charge in [-0.25, -0.2) is 0 Å². The van der Waals surface area contributed by atoms with Gasteiger partial charge in [0.25, 0.3) is 0 Å². The van der Waals surface area contributed by atoms with Gasteiger partial charge in [0.2, 0.25) is 0 Å². The Hall–Kier alpha value is -1.06. The highest BCUT2D eigenvalue weighted by molar-refractivity contribution is 5.70. The summed E-state index contributed by atoms with van der Waals surface area (Å²) in [6, 6.07) is 0. The van der Waals surface area contributed by atoms with Crippen molar-refractivity contribution in [1.82, 2.24) is 0 Å². The van der Waals surface area contributed by atoms with E-state index in [1.54, 1.807) is 0 Å². The lowest BCUT2D eigenvalue weighted by Crippen LogP contribution is -2.24. The van der Waals surface area contributed by atoms with Crippen molar-refractivity contribution in [3.63, 3.8) is 0 Å². The van der Waals surface area contributed by atoms with Crippen LogP contribution in [0.2, 0.25) is 0 Å². The molecule has 0 saturated heterocycles. The van der Waals surface area contributed by atoms with E-state index in [4.69, 9.17) is 9.47 Å². The van der Waals surface area contributed by atoms with E-state index in [0.717, 1.165) is 38.5 Å². The Morgan fingerprint density at radius 2 is 0.938 bits per heavy atom. The topological polar surface area (TPSA) is 52.6 Å². The zero-order valence-corrected chi connectivity index (χ0v) is 22.7. The number of unbranched alkanes of at least 4 members (excludes halogenated alkanes) is 5. The first kappa shape index (κ1) is 30.9. The van der Waals surface area contributed by atoms with E-state index < -0.39 is 0 Å². The first-order valence-electron chi connectivity index (χ1n) is 13.2. The van der Waals surface area contributed by atoms with Gasteiger partial charge >= 0.3 is 11.9 Å². The maximum absolute atomic E-state index is 12.4. The molecule has 0 heterocycles. The molecule has 0 spiro atoms. The summed E-state index contributed by atoms with van der Waals surface area (Å²) >= 11 is 0. The molecule has 0 bridgehead atoms. The third-order valence-electron chi connectivity index (χ3n) is 5.55. The Morgan fingerprint density at radius 1 is 0.594 bits per heavy atom. The van der Waals surface area contributed by atoms with Gasteiger partial charge in [0.15, 0.2) is 0 Å². The quantitative estimate of drug-likeness (QED) is 0.163. The minimum absolute atomic E-state index is 0.000271. The minimum Gasteiger partial charge on any atom is -0.462 e. The van der Waals surface area contributed by atoms with Crippen molar-refractivity contribution >= 4 is 11.9 Å². The lowest BCUT2D eigenvalue weighted by Gasteiger charge is -2.26. The molecule has 0 fully saturated rings. The van der Waals surface area contributed by atoms with Crippen LogP contribution in [-0.4, -0.2) is 24.1 Å². The Balaban J connectivity index is 4.36. The largest absolute Gasteiger partial charge is 0.462 e. The maximum atomic E-state index is 12.4. The Kier molecular flexibility index (Phi) is 16.0. The number of hydrogen-bond acceptors (Lipinski definition) is 4. The molecule has 0 amide bonds. The number of ether oxygens (including phenoxy) is 2. The van der Waals surface area contributed by atoms with E-state index in [0.29, 0.717) is 25.7 Å². The molecule has 2 unspecified atom stereocenters. The van der Waals surface area contributed by atoms with Crippen LogP contribution in [0.15, 0.2) is 0 Å². The summed E-state index contributed by atoms with van der Waals surface area (Å²) in [5.41, 5.74) is 0.281. The number of carbonyl (C=O) groups is 2. The predicted octanol–water partition coefficient (Wildman–Crippen LogP) is 8.40. The SMILES string of the molecule is CCCCCC(CC(C)(C)C)OC(=O)CCCCC(=O)OC(CCCCC)CC(C)(C)C. The van der Waals surface area contributed by atoms with Gasteiger partial charge in [-0.1, -0.05) is 81.1 Å². The lowest BCUT2D eigenvalue weighted by atomic mass is 9.87. The van der Waals surface area contributed by atoms with Crippen LogP contribution in [0.5, 0.6) is 0 Å². The van der Waals surface area contributed by atoms with Crippen LogP contribution in [-0.2, 0) is 19.1 Å². The average Bonchev–Trinajstić information content (AvgIpc) is 2.63. The Bertz CT molecular complexity index is 453. The fourth-order valence-corrected chi connectivity index (χ4v) is 4.04. The van der Waals surface area contributed by atoms with Crippen LogP contribution < -0.4 is 0 Å². The number of hydrogen-bond donors (Lipinski definition) is 0. The van der Waals surface area contributed by atoms with Gasteiger partial charge in [0.1, 0.15) is 12.2 Å². The Labute approximate surface area is 199 Å². The van der Waals surface area contributed by atoms with Crippen molar-refractivity contribution in [2.75, 3.05) is 0 Å². The van der Waals surface area contributed by atoms with Crippen LogP contribution in [0.4, 0.5) is 0 Å². The molecular weight excluding hydrogens is 400 g/mol. The molecule has 4 nitrogen and oxygen atoms in total. The first-order chi connectivity index (χ1) is 14.9. The van der Waals surface area contributed by atoms with Crippen LogP contribution in [0, 0.1) is 10.8 Å². The third-order valence-corrected chi connectivity index (χ3v) is 5.55. The summed E-state index contributed by atoms with van der Waals surface area (Å²) < 4.78 is 11.6. The zero-order valence-electron chi connectivity index (χ0n) is 22.7. The molecule has 0 aliphatic heterocycles. The molecule has 0 aromatic carbocycles. The highest BCUT2D eigenvalue weighted by Gasteiger charge is 2.23. The van der Waals surface area contributed by atoms with Gasteiger partial charge in [-0.15, -0.1) is 0 Å². The van der Waals surface area contributed by atoms with Crippen LogP contribution in [0.3, 0.4) is 0 Å². The van der Waals surface area contributed by atoms with Gasteiger partial charge in [-0.3, -0.25) is 9.59 Å². The van der Waals surface area contributed by atoms with Crippen molar-refractivity contribution in [3.05, 3.63) is 0 Å². The molecule has 0 saturated carbocycles. The predicted molar refractivity (Wildman–Crippen MR) is 135 cm³/mol. The second-order valence-corrected chi connectivity index (χ2v) is 12.0. The molecule has 0 aliphatic carbocycles. The van der Waals surface area contributed by atoms with E-state index in [9.17, 15) is 9.59 Å². The normalized spacial score (nSPS) is 14.1. The fourth-order valence-electron chi connectivity index (χ4n) is 4.04. The summed E-state index contributed by atoms with van der Waals surface area (Å²) in [4.78, 5) is 24.7. The van der Waals surface area contributed by atoms with Crippen LogP contribution in [0.1, 0.15) is 145 Å². The van der Waals surface area contributed by atoms with Gasteiger partial charge in [0, 0.05) is 12.8 Å². The molecule has 0 aliphatic rings. The minimum atomic E-state index is -0.130. The third kappa shape index (κ3) is 19.6. The molecule has 2 atom stereocenters. The highest BCUT2D eigenvalue weighted by atomic mass is 16.5. The summed E-state index contributed by atoms with van der Waals surface area (Å²) in [5, 5.41) is 0. The summed E-state index contributed by atoms with van der Waals surface area (Å²) in [6.07, 6.45) is 12.7. The van der Waals surface area contributed by atoms with Crippen LogP contribution in [0.25, 0.3) is 0 Å². The summed E-state index contributed by atoms with van der Waals surface area (Å²) in [7, 11) is 0. The molecule has 0 aromatic heterocycles. The monoisotopic (exact) mass is 454 g/mol.